The van der Waals surface area contributed by atoms with Crippen molar-refractivity contribution in [3.05, 3.63) is 57.4 Å². The maximum Gasteiger partial charge on any atom is 0.240 e. The molecule has 1 amide bonds. The van der Waals surface area contributed by atoms with Crippen molar-refractivity contribution in [1.82, 2.24) is 9.99 Å². The summed E-state index contributed by atoms with van der Waals surface area (Å²) in [5.41, 5.74) is 2.45. The number of nitrogens with zero attached hydrogens (tertiary/aromatic N) is 3. The van der Waals surface area contributed by atoms with Crippen molar-refractivity contribution >= 4 is 45.5 Å². The number of ether oxygens (including phenoxy) is 1. The van der Waals surface area contributed by atoms with Crippen molar-refractivity contribution in [3.8, 4) is 5.75 Å². The van der Waals surface area contributed by atoms with Crippen molar-refractivity contribution in [2.75, 3.05) is 7.11 Å². The molecule has 0 spiro atoms. The number of rotatable bonds is 3. The number of fused-ring (bicyclic) bond motifs is 1. The van der Waals surface area contributed by atoms with Crippen molar-refractivity contribution in [2.24, 2.45) is 5.10 Å². The number of aromatic nitrogens is 1. The summed E-state index contributed by atoms with van der Waals surface area (Å²) in [6, 6.07) is 11.4. The first-order chi connectivity index (χ1) is 12.6. The summed E-state index contributed by atoms with van der Waals surface area (Å²) in [4.78, 5) is 17.7. The lowest BCUT2D eigenvalue weighted by Crippen LogP contribution is -2.24. The molecule has 0 radical (unpaired) electrons. The van der Waals surface area contributed by atoms with E-state index in [9.17, 15) is 4.79 Å². The zero-order valence-corrected chi connectivity index (χ0v) is 15.8. The molecule has 2 aromatic heterocycles. The van der Waals surface area contributed by atoms with Crippen molar-refractivity contribution in [2.45, 2.75) is 19.4 Å². The number of hydrazone groups is 1. The molecular formula is C19H16ClN3O2S. The van der Waals surface area contributed by atoms with Gasteiger partial charge in [-0.15, -0.1) is 11.3 Å². The lowest BCUT2D eigenvalue weighted by molar-refractivity contribution is -0.130. The third-order valence-corrected chi connectivity index (χ3v) is 5.62. The summed E-state index contributed by atoms with van der Waals surface area (Å²) in [5.74, 6) is 0.607. The molecule has 5 nitrogen and oxygen atoms in total. The quantitative estimate of drug-likeness (QED) is 0.616. The second-order valence-electron chi connectivity index (χ2n) is 6.03. The second-order valence-corrected chi connectivity index (χ2v) is 7.34. The molecule has 0 unspecified atom stereocenters. The molecule has 0 bridgehead atoms. The number of hydrogen-bond acceptors (Lipinski definition) is 5. The largest absolute Gasteiger partial charge is 0.497 e. The molecule has 132 valence electrons. The van der Waals surface area contributed by atoms with Gasteiger partial charge in [-0.3, -0.25) is 4.79 Å². The summed E-state index contributed by atoms with van der Waals surface area (Å²) in [7, 11) is 1.61. The number of thiophene rings is 1. The molecular weight excluding hydrogens is 370 g/mol. The first kappa shape index (κ1) is 17.0. The topological polar surface area (TPSA) is 54.8 Å². The van der Waals surface area contributed by atoms with Gasteiger partial charge in [-0.1, -0.05) is 17.7 Å². The van der Waals surface area contributed by atoms with E-state index in [0.717, 1.165) is 32.8 Å². The summed E-state index contributed by atoms with van der Waals surface area (Å²) < 4.78 is 5.24. The molecule has 0 aliphatic carbocycles. The average Bonchev–Trinajstić information content (AvgIpc) is 3.30. The Bertz CT molecular complexity index is 1020. The van der Waals surface area contributed by atoms with Crippen LogP contribution in [0.1, 0.15) is 29.8 Å². The van der Waals surface area contributed by atoms with Crippen LogP contribution in [0.2, 0.25) is 5.15 Å². The average molecular weight is 386 g/mol. The van der Waals surface area contributed by atoms with Crippen LogP contribution in [0, 0.1) is 0 Å². The van der Waals surface area contributed by atoms with E-state index in [1.807, 2.05) is 41.8 Å². The van der Waals surface area contributed by atoms with E-state index in [-0.39, 0.29) is 11.9 Å². The highest BCUT2D eigenvalue weighted by molar-refractivity contribution is 7.12. The number of benzene rings is 1. The van der Waals surface area contributed by atoms with Gasteiger partial charge in [0, 0.05) is 30.4 Å². The highest BCUT2D eigenvalue weighted by Crippen LogP contribution is 2.38. The third kappa shape index (κ3) is 2.95. The number of amides is 1. The molecule has 4 rings (SSSR count). The Morgan fingerprint density at radius 2 is 2.19 bits per heavy atom. The minimum Gasteiger partial charge on any atom is -0.497 e. The molecule has 7 heteroatoms. The monoisotopic (exact) mass is 385 g/mol. The highest BCUT2D eigenvalue weighted by atomic mass is 35.5. The Hall–Kier alpha value is -2.44. The summed E-state index contributed by atoms with van der Waals surface area (Å²) in [5, 5.41) is 9.37. The Balaban J connectivity index is 1.76. The van der Waals surface area contributed by atoms with Crippen LogP contribution in [0.15, 0.2) is 46.9 Å². The second kappa shape index (κ2) is 6.70. The van der Waals surface area contributed by atoms with Crippen LogP contribution in [0.4, 0.5) is 0 Å². The lowest BCUT2D eigenvalue weighted by Gasteiger charge is -2.21. The number of carbonyl (C=O) groups excluding carboxylic acids is 1. The molecule has 0 saturated heterocycles. The highest BCUT2D eigenvalue weighted by Gasteiger charge is 2.33. The van der Waals surface area contributed by atoms with Crippen LogP contribution in [0.3, 0.4) is 0 Å². The van der Waals surface area contributed by atoms with Crippen LogP contribution in [-0.2, 0) is 4.79 Å². The molecule has 1 aromatic carbocycles. The number of hydrogen-bond donors (Lipinski definition) is 0. The number of pyridine rings is 1. The zero-order valence-electron chi connectivity index (χ0n) is 14.3. The van der Waals surface area contributed by atoms with Gasteiger partial charge in [0.15, 0.2) is 0 Å². The van der Waals surface area contributed by atoms with Gasteiger partial charge < -0.3 is 4.74 Å². The van der Waals surface area contributed by atoms with Crippen LogP contribution in [0.25, 0.3) is 10.9 Å². The van der Waals surface area contributed by atoms with Gasteiger partial charge in [0.25, 0.3) is 0 Å². The summed E-state index contributed by atoms with van der Waals surface area (Å²) in [6.07, 6.45) is 0.614. The Morgan fingerprint density at radius 1 is 1.35 bits per heavy atom. The summed E-state index contributed by atoms with van der Waals surface area (Å²) in [6.45, 7) is 1.51. The van der Waals surface area contributed by atoms with Crippen LogP contribution in [-0.4, -0.2) is 28.7 Å². The van der Waals surface area contributed by atoms with E-state index in [1.54, 1.807) is 18.4 Å². The molecule has 0 N–H and O–H groups in total. The fourth-order valence-electron chi connectivity index (χ4n) is 3.13. The standard InChI is InChI=1S/C19H16ClN3O2S/c1-11(24)23-17(10-16(22-23)18-4-3-7-26-18)14-8-12-5-6-13(25-2)9-15(12)21-19(14)20/h3-9,17H,10H2,1-2H3/t17-/m0/s1. The predicted octanol–water partition coefficient (Wildman–Crippen LogP) is 4.66. The Labute approximate surface area is 159 Å². The van der Waals surface area contributed by atoms with E-state index in [1.165, 1.54) is 11.9 Å². The minimum atomic E-state index is -0.254. The normalized spacial score (nSPS) is 16.8. The molecule has 3 aromatic rings. The fraction of sp³-hybridized carbons (Fsp3) is 0.211. The van der Waals surface area contributed by atoms with E-state index >= 15 is 0 Å². The lowest BCUT2D eigenvalue weighted by atomic mass is 10.0. The summed E-state index contributed by atoms with van der Waals surface area (Å²) >= 11 is 8.09. The number of halogens is 1. The van der Waals surface area contributed by atoms with Crippen molar-refractivity contribution in [1.29, 1.82) is 0 Å². The van der Waals surface area contributed by atoms with Gasteiger partial charge in [-0.2, -0.15) is 5.10 Å². The van der Waals surface area contributed by atoms with Gasteiger partial charge in [0.1, 0.15) is 10.9 Å². The maximum absolute atomic E-state index is 12.1. The van der Waals surface area contributed by atoms with Gasteiger partial charge >= 0.3 is 0 Å². The minimum absolute atomic E-state index is 0.118. The van der Waals surface area contributed by atoms with E-state index in [2.05, 4.69) is 10.1 Å². The zero-order chi connectivity index (χ0) is 18.3. The molecule has 1 aliphatic heterocycles. The molecule has 1 atom stereocenters. The van der Waals surface area contributed by atoms with E-state index in [4.69, 9.17) is 16.3 Å². The first-order valence-electron chi connectivity index (χ1n) is 8.12. The molecule has 0 saturated carbocycles. The Morgan fingerprint density at radius 3 is 2.88 bits per heavy atom. The van der Waals surface area contributed by atoms with Gasteiger partial charge in [-0.25, -0.2) is 9.99 Å². The first-order valence-corrected chi connectivity index (χ1v) is 9.38. The van der Waals surface area contributed by atoms with Crippen molar-refractivity contribution in [3.63, 3.8) is 0 Å². The number of methoxy groups -OCH3 is 1. The maximum atomic E-state index is 12.1. The molecule has 26 heavy (non-hydrogen) atoms. The van der Waals surface area contributed by atoms with Crippen molar-refractivity contribution < 1.29 is 9.53 Å². The van der Waals surface area contributed by atoms with E-state index in [0.29, 0.717) is 11.6 Å². The van der Waals surface area contributed by atoms with Gasteiger partial charge in [0.2, 0.25) is 5.91 Å². The van der Waals surface area contributed by atoms with Crippen LogP contribution >= 0.6 is 22.9 Å². The van der Waals surface area contributed by atoms with E-state index < -0.39 is 0 Å². The molecule has 3 heterocycles. The Kier molecular flexibility index (Phi) is 4.38. The molecule has 1 aliphatic rings. The molecule has 0 fully saturated rings. The van der Waals surface area contributed by atoms with Gasteiger partial charge in [0.05, 0.1) is 29.3 Å². The third-order valence-electron chi connectivity index (χ3n) is 4.40. The number of carbonyl (C=O) groups is 1. The predicted molar refractivity (Wildman–Crippen MR) is 104 cm³/mol. The fourth-order valence-corrected chi connectivity index (χ4v) is 4.13. The smallest absolute Gasteiger partial charge is 0.240 e. The van der Waals surface area contributed by atoms with Crippen LogP contribution < -0.4 is 4.74 Å². The van der Waals surface area contributed by atoms with Gasteiger partial charge in [-0.05, 0) is 29.6 Å². The SMILES string of the molecule is COc1ccc2cc([C@@H]3CC(c4cccs4)=NN3C(C)=O)c(Cl)nc2c1. The van der Waals surface area contributed by atoms with Crippen LogP contribution in [0.5, 0.6) is 5.75 Å².